The van der Waals surface area contributed by atoms with Gasteiger partial charge in [-0.2, -0.15) is 5.10 Å². The van der Waals surface area contributed by atoms with Crippen LogP contribution in [0, 0.1) is 0 Å². The average Bonchev–Trinajstić information content (AvgIpc) is 2.82. The van der Waals surface area contributed by atoms with Gasteiger partial charge in [0.1, 0.15) is 18.9 Å². The van der Waals surface area contributed by atoms with Crippen LogP contribution in [0.4, 0.5) is 5.69 Å². The Morgan fingerprint density at radius 3 is 2.24 bits per heavy atom. The Kier molecular flexibility index (Phi) is 8.21. The summed E-state index contributed by atoms with van der Waals surface area (Å²) in [5.74, 6) is 0.178. The lowest BCUT2D eigenvalue weighted by Gasteiger charge is -2.21. The first-order chi connectivity index (χ1) is 15.8. The van der Waals surface area contributed by atoms with E-state index in [0.29, 0.717) is 12.3 Å². The number of anilines is 1. The van der Waals surface area contributed by atoms with Crippen LogP contribution in [0.3, 0.4) is 0 Å². The zero-order valence-corrected chi connectivity index (χ0v) is 19.5. The summed E-state index contributed by atoms with van der Waals surface area (Å²) in [6.45, 7) is 2.12. The fraction of sp³-hybridized carbons (Fsp3) is 0.200. The minimum Gasteiger partial charge on any atom is -0.489 e. The maximum Gasteiger partial charge on any atom is 0.260 e. The SMILES string of the molecule is CCc1ccc(N(CC(=O)N/N=C\c2ccc(OCc3ccccc3)cc2)S(C)(=O)=O)cc1. The minimum atomic E-state index is -3.63. The summed E-state index contributed by atoms with van der Waals surface area (Å²) in [7, 11) is -3.63. The number of carbonyl (C=O) groups is 1. The van der Waals surface area contributed by atoms with E-state index in [0.717, 1.165) is 39.4 Å². The third-order valence-corrected chi connectivity index (χ3v) is 5.99. The van der Waals surface area contributed by atoms with E-state index in [4.69, 9.17) is 4.74 Å². The monoisotopic (exact) mass is 465 g/mol. The van der Waals surface area contributed by atoms with Gasteiger partial charge in [-0.05, 0) is 59.5 Å². The largest absolute Gasteiger partial charge is 0.489 e. The van der Waals surface area contributed by atoms with Crippen molar-refractivity contribution in [1.29, 1.82) is 0 Å². The molecule has 0 spiro atoms. The summed E-state index contributed by atoms with van der Waals surface area (Å²) in [5.41, 5.74) is 5.73. The van der Waals surface area contributed by atoms with Gasteiger partial charge < -0.3 is 4.74 Å². The van der Waals surface area contributed by atoms with Gasteiger partial charge >= 0.3 is 0 Å². The number of hydrogen-bond acceptors (Lipinski definition) is 5. The first kappa shape index (κ1) is 24.0. The maximum atomic E-state index is 12.3. The van der Waals surface area contributed by atoms with Crippen molar-refractivity contribution < 1.29 is 17.9 Å². The minimum absolute atomic E-state index is 0.367. The summed E-state index contributed by atoms with van der Waals surface area (Å²) >= 11 is 0. The highest BCUT2D eigenvalue weighted by Crippen LogP contribution is 2.18. The average molecular weight is 466 g/mol. The molecule has 0 saturated heterocycles. The van der Waals surface area contributed by atoms with Crippen LogP contribution in [0.25, 0.3) is 0 Å². The summed E-state index contributed by atoms with van der Waals surface area (Å²) in [5, 5.41) is 3.93. The molecule has 8 heteroatoms. The highest BCUT2D eigenvalue weighted by Gasteiger charge is 2.20. The van der Waals surface area contributed by atoms with Crippen molar-refractivity contribution in [2.45, 2.75) is 20.0 Å². The molecule has 0 aromatic heterocycles. The second-order valence-corrected chi connectivity index (χ2v) is 9.33. The standard InChI is InChI=1S/C25H27N3O4S/c1-3-20-9-13-23(14-10-20)28(33(2,30)31)18-25(29)27-26-17-21-11-15-24(16-12-21)32-19-22-7-5-4-6-8-22/h4-17H,3,18-19H2,1-2H3,(H,27,29)/b26-17-. The molecule has 1 N–H and O–H groups in total. The van der Waals surface area contributed by atoms with Crippen LogP contribution < -0.4 is 14.5 Å². The summed E-state index contributed by atoms with van der Waals surface area (Å²) < 4.78 is 31.2. The molecule has 7 nitrogen and oxygen atoms in total. The molecular weight excluding hydrogens is 438 g/mol. The van der Waals surface area contributed by atoms with Crippen LogP contribution >= 0.6 is 0 Å². The lowest BCUT2D eigenvalue weighted by molar-refractivity contribution is -0.119. The molecule has 0 unspecified atom stereocenters. The van der Waals surface area contributed by atoms with Crippen molar-refractivity contribution in [1.82, 2.24) is 5.43 Å². The lowest BCUT2D eigenvalue weighted by atomic mass is 10.1. The highest BCUT2D eigenvalue weighted by atomic mass is 32.2. The van der Waals surface area contributed by atoms with E-state index in [1.54, 1.807) is 12.1 Å². The molecule has 1 amide bonds. The van der Waals surface area contributed by atoms with Crippen LogP contribution in [0.2, 0.25) is 0 Å². The number of carbonyl (C=O) groups excluding carboxylic acids is 1. The van der Waals surface area contributed by atoms with Gasteiger partial charge in [-0.1, -0.05) is 49.4 Å². The van der Waals surface area contributed by atoms with E-state index in [-0.39, 0.29) is 6.54 Å². The molecule has 0 bridgehead atoms. The molecule has 172 valence electrons. The Labute approximate surface area is 194 Å². The number of hydrogen-bond donors (Lipinski definition) is 1. The molecule has 0 fully saturated rings. The van der Waals surface area contributed by atoms with E-state index >= 15 is 0 Å². The third-order valence-electron chi connectivity index (χ3n) is 4.85. The van der Waals surface area contributed by atoms with Crippen molar-refractivity contribution in [3.63, 3.8) is 0 Å². The van der Waals surface area contributed by atoms with Gasteiger partial charge in [-0.25, -0.2) is 13.8 Å². The first-order valence-corrected chi connectivity index (χ1v) is 12.4. The van der Waals surface area contributed by atoms with Crippen LogP contribution in [0.1, 0.15) is 23.6 Å². The van der Waals surface area contributed by atoms with Gasteiger partial charge in [-0.15, -0.1) is 0 Å². The molecule has 3 aromatic rings. The Morgan fingerprint density at radius 2 is 1.64 bits per heavy atom. The van der Waals surface area contributed by atoms with Gasteiger partial charge in [0, 0.05) is 0 Å². The second-order valence-electron chi connectivity index (χ2n) is 7.43. The molecule has 33 heavy (non-hydrogen) atoms. The summed E-state index contributed by atoms with van der Waals surface area (Å²) in [6, 6.07) is 24.2. The number of rotatable bonds is 10. The molecule has 0 aliphatic rings. The number of benzene rings is 3. The number of sulfonamides is 1. The molecule has 0 radical (unpaired) electrons. The van der Waals surface area contributed by atoms with Crippen molar-refractivity contribution in [3.8, 4) is 5.75 Å². The predicted molar refractivity (Wildman–Crippen MR) is 131 cm³/mol. The van der Waals surface area contributed by atoms with Gasteiger partial charge in [0.2, 0.25) is 10.0 Å². The van der Waals surface area contributed by atoms with Crippen LogP contribution in [-0.2, 0) is 27.8 Å². The second kappa shape index (κ2) is 11.3. The summed E-state index contributed by atoms with van der Waals surface area (Å²) in [6.07, 6.45) is 3.40. The van der Waals surface area contributed by atoms with E-state index in [2.05, 4.69) is 10.5 Å². The van der Waals surface area contributed by atoms with Crippen molar-refractivity contribution in [2.24, 2.45) is 5.10 Å². The zero-order valence-electron chi connectivity index (χ0n) is 18.6. The molecule has 0 aliphatic carbocycles. The van der Waals surface area contributed by atoms with Crippen LogP contribution in [0.15, 0.2) is 84.0 Å². The Hall–Kier alpha value is -3.65. The molecule has 0 atom stereocenters. The van der Waals surface area contributed by atoms with Gasteiger partial charge in [-0.3, -0.25) is 9.10 Å². The molecule has 0 aliphatic heterocycles. The van der Waals surface area contributed by atoms with E-state index in [9.17, 15) is 13.2 Å². The quantitative estimate of drug-likeness (QED) is 0.365. The molecular formula is C25H27N3O4S. The van der Waals surface area contributed by atoms with E-state index < -0.39 is 15.9 Å². The topological polar surface area (TPSA) is 88.1 Å². The van der Waals surface area contributed by atoms with Crippen molar-refractivity contribution in [2.75, 3.05) is 17.1 Å². The zero-order chi connectivity index (χ0) is 23.7. The number of hydrazone groups is 1. The molecule has 3 aromatic carbocycles. The van der Waals surface area contributed by atoms with Gasteiger partial charge in [0.15, 0.2) is 0 Å². The molecule has 0 heterocycles. The van der Waals surface area contributed by atoms with Gasteiger partial charge in [0.05, 0.1) is 18.2 Å². The fourth-order valence-corrected chi connectivity index (χ4v) is 3.89. The number of aryl methyl sites for hydroxylation is 1. The van der Waals surface area contributed by atoms with E-state index in [1.165, 1.54) is 6.21 Å². The normalized spacial score (nSPS) is 11.3. The van der Waals surface area contributed by atoms with Crippen molar-refractivity contribution in [3.05, 3.63) is 95.6 Å². The smallest absolute Gasteiger partial charge is 0.260 e. The van der Waals surface area contributed by atoms with E-state index in [1.807, 2.05) is 73.7 Å². The number of amides is 1. The predicted octanol–water partition coefficient (Wildman–Crippen LogP) is 3.74. The number of nitrogens with one attached hydrogen (secondary N) is 1. The Morgan fingerprint density at radius 1 is 0.970 bits per heavy atom. The molecule has 0 saturated carbocycles. The molecule has 3 rings (SSSR count). The fourth-order valence-electron chi connectivity index (χ4n) is 3.03. The van der Waals surface area contributed by atoms with Crippen LogP contribution in [0.5, 0.6) is 5.75 Å². The highest BCUT2D eigenvalue weighted by molar-refractivity contribution is 7.92. The summed E-state index contributed by atoms with van der Waals surface area (Å²) in [4.78, 5) is 12.3. The van der Waals surface area contributed by atoms with Crippen molar-refractivity contribution >= 4 is 27.8 Å². The van der Waals surface area contributed by atoms with Gasteiger partial charge in [0.25, 0.3) is 5.91 Å². The third kappa shape index (κ3) is 7.47. The first-order valence-electron chi connectivity index (χ1n) is 10.5. The maximum absolute atomic E-state index is 12.3. The number of ether oxygens (including phenoxy) is 1. The Bertz CT molecular complexity index is 1180. The van der Waals surface area contributed by atoms with Crippen LogP contribution in [-0.4, -0.2) is 33.3 Å². The lowest BCUT2D eigenvalue weighted by Crippen LogP contribution is -2.39. The Balaban J connectivity index is 1.54. The number of nitrogens with zero attached hydrogens (tertiary/aromatic N) is 2.